The van der Waals surface area contributed by atoms with Crippen molar-refractivity contribution in [3.05, 3.63) is 134 Å². The molecule has 424 valence electrons. The highest BCUT2D eigenvalue weighted by molar-refractivity contribution is 5.71. The van der Waals surface area contributed by atoms with Crippen molar-refractivity contribution in [2.45, 2.75) is 271 Å². The molecule has 0 aromatic rings. The van der Waals surface area contributed by atoms with Crippen LogP contribution in [0.1, 0.15) is 265 Å². The molecule has 0 fully saturated rings. The van der Waals surface area contributed by atoms with Gasteiger partial charge in [-0.05, 0) is 109 Å². The van der Waals surface area contributed by atoms with Crippen molar-refractivity contribution in [2.24, 2.45) is 0 Å². The Bertz CT molecular complexity index is 1620. The largest absolute Gasteiger partial charge is 0.462 e. The van der Waals surface area contributed by atoms with Crippen molar-refractivity contribution in [3.63, 3.8) is 0 Å². The van der Waals surface area contributed by atoms with E-state index in [-0.39, 0.29) is 37.5 Å². The minimum atomic E-state index is -0.812. The van der Waals surface area contributed by atoms with Crippen LogP contribution in [0.3, 0.4) is 0 Å². The average molecular weight is 1040 g/mol. The predicted molar refractivity (Wildman–Crippen MR) is 325 cm³/mol. The van der Waals surface area contributed by atoms with Gasteiger partial charge in [0.05, 0.1) is 0 Å². The van der Waals surface area contributed by atoms with E-state index in [1.165, 1.54) is 103 Å². The third-order valence-electron chi connectivity index (χ3n) is 12.7. The fourth-order valence-electron chi connectivity index (χ4n) is 8.13. The number of hydrogen-bond donors (Lipinski definition) is 0. The Hall–Kier alpha value is -4.45. The van der Waals surface area contributed by atoms with Crippen LogP contribution in [0.4, 0.5) is 0 Å². The van der Waals surface area contributed by atoms with Crippen LogP contribution < -0.4 is 0 Å². The van der Waals surface area contributed by atoms with Crippen LogP contribution in [0.25, 0.3) is 0 Å². The highest BCUT2D eigenvalue weighted by atomic mass is 16.6. The number of unbranched alkanes of at least 4 members (excludes halogenated alkanes) is 21. The quantitative estimate of drug-likeness (QED) is 0.0261. The number of ether oxygens (including phenoxy) is 3. The molecular formula is C69H112O6. The molecule has 0 heterocycles. The molecule has 0 spiro atoms. The van der Waals surface area contributed by atoms with Crippen LogP contribution in [0, 0.1) is 0 Å². The Kier molecular flexibility index (Phi) is 58.4. The monoisotopic (exact) mass is 1040 g/mol. The van der Waals surface area contributed by atoms with Gasteiger partial charge in [-0.25, -0.2) is 0 Å². The maximum absolute atomic E-state index is 12.8. The molecule has 0 aliphatic rings. The summed E-state index contributed by atoms with van der Waals surface area (Å²) in [6, 6.07) is 0. The molecule has 0 aromatic heterocycles. The van der Waals surface area contributed by atoms with E-state index >= 15 is 0 Å². The molecule has 0 aliphatic carbocycles. The first-order chi connectivity index (χ1) is 37.0. The van der Waals surface area contributed by atoms with Crippen molar-refractivity contribution in [2.75, 3.05) is 13.2 Å². The zero-order chi connectivity index (χ0) is 54.3. The number of allylic oxidation sites excluding steroid dienone is 22. The molecule has 0 saturated heterocycles. The Labute approximate surface area is 462 Å². The van der Waals surface area contributed by atoms with E-state index in [0.29, 0.717) is 19.3 Å². The van der Waals surface area contributed by atoms with E-state index in [4.69, 9.17) is 14.2 Å². The van der Waals surface area contributed by atoms with E-state index < -0.39 is 6.10 Å². The van der Waals surface area contributed by atoms with Gasteiger partial charge in [0.2, 0.25) is 0 Å². The van der Waals surface area contributed by atoms with Crippen molar-refractivity contribution < 1.29 is 28.6 Å². The molecule has 6 heteroatoms. The van der Waals surface area contributed by atoms with Gasteiger partial charge in [-0.3, -0.25) is 14.4 Å². The Morgan fingerprint density at radius 3 is 0.853 bits per heavy atom. The topological polar surface area (TPSA) is 78.9 Å². The van der Waals surface area contributed by atoms with Crippen LogP contribution in [-0.2, 0) is 28.6 Å². The van der Waals surface area contributed by atoms with Crippen molar-refractivity contribution >= 4 is 17.9 Å². The second kappa shape index (κ2) is 62.1. The highest BCUT2D eigenvalue weighted by Crippen LogP contribution is 2.15. The molecule has 0 bridgehead atoms. The number of rotatable bonds is 54. The fourth-order valence-corrected chi connectivity index (χ4v) is 8.13. The first kappa shape index (κ1) is 70.5. The summed E-state index contributed by atoms with van der Waals surface area (Å²) in [7, 11) is 0. The standard InChI is InChI=1S/C69H112O6/c1-4-7-10-13-16-19-21-23-25-27-29-31-33-34-36-37-39-41-43-45-47-50-53-56-59-62-68(71)74-65-66(64-73-67(70)61-58-55-52-49-18-15-12-9-6-3)75-69(72)63-60-57-54-51-48-46-44-42-40-38-35-32-30-28-26-24-22-20-17-14-11-8-5-2/h7-8,10-11,16-17,19-20,23-26,29-32,38,40,44,46,51,54,66H,4-6,9,12-15,18,21-22,27-28,33-37,39,41-43,45,47-50,52-53,55-65H2,1-3H3/b10-7-,11-8-,19-16-,20-17-,25-23-,26-24-,31-29-,32-30-,40-38-,46-44-,54-51-. The van der Waals surface area contributed by atoms with Crippen molar-refractivity contribution in [3.8, 4) is 0 Å². The molecule has 0 rings (SSSR count). The summed E-state index contributed by atoms with van der Waals surface area (Å²) in [4.78, 5) is 38.1. The summed E-state index contributed by atoms with van der Waals surface area (Å²) in [5.41, 5.74) is 0. The summed E-state index contributed by atoms with van der Waals surface area (Å²) < 4.78 is 16.8. The normalized spacial score (nSPS) is 13.1. The minimum Gasteiger partial charge on any atom is -0.462 e. The van der Waals surface area contributed by atoms with Gasteiger partial charge in [0, 0.05) is 19.3 Å². The van der Waals surface area contributed by atoms with E-state index in [0.717, 1.165) is 116 Å². The summed E-state index contributed by atoms with van der Waals surface area (Å²) >= 11 is 0. The van der Waals surface area contributed by atoms with Gasteiger partial charge >= 0.3 is 17.9 Å². The first-order valence-electron chi connectivity index (χ1n) is 30.7. The summed E-state index contributed by atoms with van der Waals surface area (Å²) in [6.45, 7) is 6.35. The van der Waals surface area contributed by atoms with Gasteiger partial charge in [-0.2, -0.15) is 0 Å². The molecule has 0 saturated carbocycles. The number of carbonyl (C=O) groups is 3. The SMILES string of the molecule is CC/C=C\C/C=C\C/C=C\C/C=C\C/C=C\C/C=C\C/C=C\CCCC(=O)OC(COC(=O)CCCCCCCCCCC)COC(=O)CCCCCCCCCCCCCC/C=C\C/C=C\C/C=C\C/C=C\CC. The number of hydrogen-bond acceptors (Lipinski definition) is 6. The second-order valence-electron chi connectivity index (χ2n) is 19.9. The van der Waals surface area contributed by atoms with Gasteiger partial charge in [0.15, 0.2) is 6.10 Å². The van der Waals surface area contributed by atoms with E-state index in [9.17, 15) is 14.4 Å². The van der Waals surface area contributed by atoms with Crippen LogP contribution in [0.5, 0.6) is 0 Å². The van der Waals surface area contributed by atoms with Gasteiger partial charge in [0.25, 0.3) is 0 Å². The molecule has 6 nitrogen and oxygen atoms in total. The first-order valence-corrected chi connectivity index (χ1v) is 30.7. The van der Waals surface area contributed by atoms with E-state index in [2.05, 4.69) is 154 Å². The third-order valence-corrected chi connectivity index (χ3v) is 12.7. The molecule has 0 radical (unpaired) electrons. The zero-order valence-corrected chi connectivity index (χ0v) is 48.5. The lowest BCUT2D eigenvalue weighted by Crippen LogP contribution is -2.30. The Balaban J connectivity index is 4.35. The number of carbonyl (C=O) groups excluding carboxylic acids is 3. The maximum atomic E-state index is 12.8. The summed E-state index contributed by atoms with van der Waals surface area (Å²) in [5.74, 6) is -0.969. The van der Waals surface area contributed by atoms with Crippen LogP contribution >= 0.6 is 0 Å². The smallest absolute Gasteiger partial charge is 0.306 e. The lowest BCUT2D eigenvalue weighted by Gasteiger charge is -2.18. The molecule has 1 atom stereocenters. The molecule has 75 heavy (non-hydrogen) atoms. The summed E-state index contributed by atoms with van der Waals surface area (Å²) in [5, 5.41) is 0. The molecule has 0 aromatic carbocycles. The van der Waals surface area contributed by atoms with Gasteiger partial charge in [-0.15, -0.1) is 0 Å². The molecule has 0 aliphatic heterocycles. The lowest BCUT2D eigenvalue weighted by molar-refractivity contribution is -0.167. The zero-order valence-electron chi connectivity index (χ0n) is 48.5. The minimum absolute atomic E-state index is 0.103. The van der Waals surface area contributed by atoms with Crippen LogP contribution in [0.15, 0.2) is 134 Å². The molecule has 0 amide bonds. The second-order valence-corrected chi connectivity index (χ2v) is 19.9. The van der Waals surface area contributed by atoms with Gasteiger partial charge < -0.3 is 14.2 Å². The molecule has 0 N–H and O–H groups in total. The van der Waals surface area contributed by atoms with E-state index in [1.807, 2.05) is 0 Å². The third kappa shape index (κ3) is 60.3. The highest BCUT2D eigenvalue weighted by Gasteiger charge is 2.19. The van der Waals surface area contributed by atoms with Crippen molar-refractivity contribution in [1.29, 1.82) is 0 Å². The Morgan fingerprint density at radius 2 is 0.533 bits per heavy atom. The summed E-state index contributed by atoms with van der Waals surface area (Å²) in [6.07, 6.45) is 87.5. The maximum Gasteiger partial charge on any atom is 0.306 e. The predicted octanol–water partition coefficient (Wildman–Crippen LogP) is 21.0. The van der Waals surface area contributed by atoms with Crippen LogP contribution in [-0.4, -0.2) is 37.2 Å². The van der Waals surface area contributed by atoms with Crippen LogP contribution in [0.2, 0.25) is 0 Å². The Morgan fingerprint density at radius 1 is 0.280 bits per heavy atom. The van der Waals surface area contributed by atoms with E-state index in [1.54, 1.807) is 0 Å². The molecule has 1 unspecified atom stereocenters. The average Bonchev–Trinajstić information content (AvgIpc) is 3.41. The molecular weight excluding hydrogens is 925 g/mol. The lowest BCUT2D eigenvalue weighted by atomic mass is 10.0. The fraction of sp³-hybridized carbons (Fsp3) is 0.638. The van der Waals surface area contributed by atoms with Gasteiger partial charge in [0.1, 0.15) is 13.2 Å². The van der Waals surface area contributed by atoms with Crippen molar-refractivity contribution in [1.82, 2.24) is 0 Å². The van der Waals surface area contributed by atoms with Gasteiger partial charge in [-0.1, -0.05) is 270 Å². The number of esters is 3.